The molecule has 0 saturated heterocycles. The molecule has 1 rings (SSSR count). The lowest BCUT2D eigenvalue weighted by Gasteiger charge is -2.18. The molecule has 16 heavy (non-hydrogen) atoms. The van der Waals surface area contributed by atoms with Gasteiger partial charge in [0, 0.05) is 6.54 Å². The van der Waals surface area contributed by atoms with E-state index >= 15 is 0 Å². The number of hydrogen-bond donors (Lipinski definition) is 2. The van der Waals surface area contributed by atoms with Gasteiger partial charge in [-0.1, -0.05) is 13.0 Å². The van der Waals surface area contributed by atoms with E-state index in [-0.39, 0.29) is 12.3 Å². The van der Waals surface area contributed by atoms with Gasteiger partial charge in [-0.2, -0.15) is 0 Å². The Balaban J connectivity index is 2.70. The Labute approximate surface area is 93.5 Å². The topological polar surface area (TPSA) is 66.6 Å². The fraction of sp³-hybridized carbons (Fsp3) is 0.364. The van der Waals surface area contributed by atoms with Crippen LogP contribution in [0.25, 0.3) is 0 Å². The van der Waals surface area contributed by atoms with Crippen LogP contribution in [-0.4, -0.2) is 29.0 Å². The molecule has 0 aliphatic rings. The molecule has 0 aromatic heterocycles. The number of phenols is 1. The van der Waals surface area contributed by atoms with Crippen LogP contribution in [0.3, 0.4) is 0 Å². The lowest BCUT2D eigenvalue weighted by molar-refractivity contribution is -0.119. The van der Waals surface area contributed by atoms with Crippen molar-refractivity contribution in [2.45, 2.75) is 13.5 Å². The van der Waals surface area contributed by atoms with E-state index in [1.54, 1.807) is 11.0 Å². The van der Waals surface area contributed by atoms with Crippen molar-refractivity contribution in [3.63, 3.8) is 0 Å². The van der Waals surface area contributed by atoms with Gasteiger partial charge in [0.2, 0.25) is 5.91 Å². The van der Waals surface area contributed by atoms with Crippen molar-refractivity contribution in [1.29, 1.82) is 0 Å². The van der Waals surface area contributed by atoms with Crippen LogP contribution in [0.2, 0.25) is 0 Å². The number of nitrogens with two attached hydrogens (primary N) is 1. The molecular formula is C11H15FN2O2. The quantitative estimate of drug-likeness (QED) is 0.781. The van der Waals surface area contributed by atoms with E-state index in [4.69, 9.17) is 10.8 Å². The Hall–Kier alpha value is -1.62. The van der Waals surface area contributed by atoms with Gasteiger partial charge in [0.25, 0.3) is 0 Å². The van der Waals surface area contributed by atoms with Crippen molar-refractivity contribution in [3.05, 3.63) is 29.6 Å². The molecule has 0 bridgehead atoms. The first-order valence-corrected chi connectivity index (χ1v) is 5.01. The summed E-state index contributed by atoms with van der Waals surface area (Å²) in [7, 11) is 0. The van der Waals surface area contributed by atoms with Crippen molar-refractivity contribution < 1.29 is 14.3 Å². The lowest BCUT2D eigenvalue weighted by atomic mass is 10.2. The molecule has 0 unspecified atom stereocenters. The molecule has 1 amide bonds. The third-order valence-electron chi connectivity index (χ3n) is 2.24. The Bertz CT molecular complexity index is 382. The normalized spacial score (nSPS) is 10.7. The number of likely N-dealkylation sites (N-methyl/N-ethyl adjacent to an activating group) is 1. The highest BCUT2D eigenvalue weighted by Gasteiger charge is 2.08. The maximum Gasteiger partial charge on any atom is 0.231 e. The van der Waals surface area contributed by atoms with Gasteiger partial charge in [-0.05, 0) is 24.2 Å². The summed E-state index contributed by atoms with van der Waals surface area (Å²) in [4.78, 5) is 12.5. The molecule has 0 heterocycles. The number of primary amides is 1. The molecule has 4 nitrogen and oxygen atoms in total. The van der Waals surface area contributed by atoms with E-state index in [0.717, 1.165) is 0 Å². The smallest absolute Gasteiger partial charge is 0.231 e. The number of hydrogen-bond acceptors (Lipinski definition) is 3. The molecule has 0 atom stereocenters. The molecule has 0 spiro atoms. The van der Waals surface area contributed by atoms with Crippen molar-refractivity contribution >= 4 is 5.91 Å². The number of halogens is 1. The first-order chi connectivity index (χ1) is 7.52. The summed E-state index contributed by atoms with van der Waals surface area (Å²) < 4.78 is 13.0. The number of benzene rings is 1. The van der Waals surface area contributed by atoms with Crippen LogP contribution < -0.4 is 5.73 Å². The number of aromatic hydroxyl groups is 1. The van der Waals surface area contributed by atoms with Crippen molar-refractivity contribution in [1.82, 2.24) is 4.90 Å². The summed E-state index contributed by atoms with van der Waals surface area (Å²) in [5.41, 5.74) is 5.77. The number of amides is 1. The largest absolute Gasteiger partial charge is 0.505 e. The lowest BCUT2D eigenvalue weighted by Crippen LogP contribution is -2.33. The number of nitrogens with zero attached hydrogens (tertiary/aromatic N) is 1. The molecule has 0 aliphatic heterocycles. The second-order valence-electron chi connectivity index (χ2n) is 3.56. The van der Waals surface area contributed by atoms with Crippen LogP contribution in [-0.2, 0) is 11.3 Å². The highest BCUT2D eigenvalue weighted by molar-refractivity contribution is 5.75. The number of rotatable bonds is 5. The third-order valence-corrected chi connectivity index (χ3v) is 2.24. The summed E-state index contributed by atoms with van der Waals surface area (Å²) >= 11 is 0. The van der Waals surface area contributed by atoms with E-state index in [1.165, 1.54) is 12.1 Å². The monoisotopic (exact) mass is 226 g/mol. The van der Waals surface area contributed by atoms with E-state index in [2.05, 4.69) is 0 Å². The Morgan fingerprint density at radius 2 is 2.25 bits per heavy atom. The maximum atomic E-state index is 13.0. The predicted molar refractivity (Wildman–Crippen MR) is 58.2 cm³/mol. The van der Waals surface area contributed by atoms with Gasteiger partial charge in [0.15, 0.2) is 11.6 Å². The molecule has 0 radical (unpaired) electrons. The van der Waals surface area contributed by atoms with Crippen LogP contribution >= 0.6 is 0 Å². The van der Waals surface area contributed by atoms with Crippen LogP contribution in [0.15, 0.2) is 18.2 Å². The zero-order valence-electron chi connectivity index (χ0n) is 9.11. The zero-order valence-corrected chi connectivity index (χ0v) is 9.11. The van der Waals surface area contributed by atoms with Gasteiger partial charge in [-0.3, -0.25) is 9.69 Å². The minimum absolute atomic E-state index is 0.138. The van der Waals surface area contributed by atoms with E-state index in [0.29, 0.717) is 18.7 Å². The second-order valence-corrected chi connectivity index (χ2v) is 3.56. The van der Waals surface area contributed by atoms with E-state index < -0.39 is 11.7 Å². The molecule has 5 heteroatoms. The standard InChI is InChI=1S/C11H15FN2O2/c1-2-14(7-11(13)16)6-8-3-4-10(15)9(12)5-8/h3-5,15H,2,6-7H2,1H3,(H2,13,16). The van der Waals surface area contributed by atoms with Crippen molar-refractivity contribution in [2.24, 2.45) is 5.73 Å². The highest BCUT2D eigenvalue weighted by atomic mass is 19.1. The predicted octanol–water partition coefficient (Wildman–Crippen LogP) is 0.839. The van der Waals surface area contributed by atoms with Gasteiger partial charge >= 0.3 is 0 Å². The fourth-order valence-corrected chi connectivity index (χ4v) is 1.41. The fourth-order valence-electron chi connectivity index (χ4n) is 1.41. The summed E-state index contributed by atoms with van der Waals surface area (Å²) in [6, 6.07) is 4.16. The Kier molecular flexibility index (Phi) is 4.25. The zero-order chi connectivity index (χ0) is 12.1. The number of carbonyl (C=O) groups is 1. The molecule has 1 aromatic rings. The Morgan fingerprint density at radius 3 is 2.75 bits per heavy atom. The van der Waals surface area contributed by atoms with E-state index in [1.807, 2.05) is 6.92 Å². The average molecular weight is 226 g/mol. The molecule has 88 valence electrons. The van der Waals surface area contributed by atoms with Gasteiger partial charge in [-0.15, -0.1) is 0 Å². The molecule has 0 aliphatic carbocycles. The van der Waals surface area contributed by atoms with Gasteiger partial charge < -0.3 is 10.8 Å². The van der Waals surface area contributed by atoms with Gasteiger partial charge in [0.1, 0.15) is 0 Å². The van der Waals surface area contributed by atoms with Crippen molar-refractivity contribution in [2.75, 3.05) is 13.1 Å². The third kappa shape index (κ3) is 3.51. The summed E-state index contributed by atoms with van der Waals surface area (Å²) in [5, 5.41) is 9.02. The highest BCUT2D eigenvalue weighted by Crippen LogP contribution is 2.17. The Morgan fingerprint density at radius 1 is 1.56 bits per heavy atom. The first kappa shape index (κ1) is 12.4. The first-order valence-electron chi connectivity index (χ1n) is 5.01. The van der Waals surface area contributed by atoms with Gasteiger partial charge in [0.05, 0.1) is 6.54 Å². The molecule has 0 saturated carbocycles. The molecule has 1 aromatic carbocycles. The van der Waals surface area contributed by atoms with Gasteiger partial charge in [-0.25, -0.2) is 4.39 Å². The average Bonchev–Trinajstić information content (AvgIpc) is 2.22. The number of phenolic OH excluding ortho intramolecular Hbond substituents is 1. The number of carbonyl (C=O) groups excluding carboxylic acids is 1. The molecule has 0 fully saturated rings. The summed E-state index contributed by atoms with van der Waals surface area (Å²) in [6.45, 7) is 3.10. The summed E-state index contributed by atoms with van der Waals surface area (Å²) in [6.07, 6.45) is 0. The maximum absolute atomic E-state index is 13.0. The van der Waals surface area contributed by atoms with Crippen LogP contribution in [0.5, 0.6) is 5.75 Å². The van der Waals surface area contributed by atoms with E-state index in [9.17, 15) is 9.18 Å². The minimum atomic E-state index is -0.660. The molecular weight excluding hydrogens is 211 g/mol. The van der Waals surface area contributed by atoms with Crippen LogP contribution in [0.1, 0.15) is 12.5 Å². The van der Waals surface area contributed by atoms with Crippen molar-refractivity contribution in [3.8, 4) is 5.75 Å². The SMILES string of the molecule is CCN(CC(N)=O)Cc1ccc(O)c(F)c1. The molecule has 3 N–H and O–H groups in total. The minimum Gasteiger partial charge on any atom is -0.505 e. The van der Waals surface area contributed by atoms with Crippen LogP contribution in [0.4, 0.5) is 4.39 Å². The van der Waals surface area contributed by atoms with Crippen LogP contribution in [0, 0.1) is 5.82 Å². The summed E-state index contributed by atoms with van der Waals surface area (Å²) in [5.74, 6) is -1.45. The second kappa shape index (κ2) is 5.46.